The topological polar surface area (TPSA) is 52.2 Å². The van der Waals surface area contributed by atoms with E-state index in [1.165, 1.54) is 12.5 Å². The summed E-state index contributed by atoms with van der Waals surface area (Å²) in [6.45, 7) is 1.86. The summed E-state index contributed by atoms with van der Waals surface area (Å²) in [5.41, 5.74) is 1.81. The second-order valence-corrected chi connectivity index (χ2v) is 3.52. The summed E-state index contributed by atoms with van der Waals surface area (Å²) in [5.74, 6) is -0.0932. The van der Waals surface area contributed by atoms with Crippen LogP contribution in [-0.2, 0) is 11.8 Å². The van der Waals surface area contributed by atoms with Gasteiger partial charge in [0.25, 0.3) is 12.1 Å². The number of hydrogen-bond donors (Lipinski definition) is 0. The van der Waals surface area contributed by atoms with E-state index in [1.54, 1.807) is 23.7 Å². The van der Waals surface area contributed by atoms with Crippen LogP contribution < -0.4 is 0 Å². The summed E-state index contributed by atoms with van der Waals surface area (Å²) in [4.78, 5) is 21.9. The maximum absolute atomic E-state index is 11.5. The van der Waals surface area contributed by atoms with Gasteiger partial charge in [0, 0.05) is 18.3 Å². The van der Waals surface area contributed by atoms with Crippen molar-refractivity contribution in [1.29, 1.82) is 0 Å². The zero-order chi connectivity index (χ0) is 11.7. The first kappa shape index (κ1) is 10.4. The van der Waals surface area contributed by atoms with Gasteiger partial charge < -0.3 is 8.98 Å². The maximum atomic E-state index is 11.5. The summed E-state index contributed by atoms with van der Waals surface area (Å²) >= 11 is 0. The molecule has 2 rings (SSSR count). The van der Waals surface area contributed by atoms with Crippen molar-refractivity contribution in [3.63, 3.8) is 0 Å². The lowest BCUT2D eigenvalue weighted by Gasteiger charge is -2.01. The average molecular weight is 216 g/mol. The van der Waals surface area contributed by atoms with Gasteiger partial charge in [-0.05, 0) is 25.1 Å². The van der Waals surface area contributed by atoms with Crippen molar-refractivity contribution in [2.24, 2.45) is 7.05 Å². The SMILES string of the molecule is Cc1cc(-c2ccco2)c(C(=O)[C]=O)n1C. The summed E-state index contributed by atoms with van der Waals surface area (Å²) in [6, 6.07) is 5.29. The minimum absolute atomic E-state index is 0.308. The lowest BCUT2D eigenvalue weighted by molar-refractivity contribution is 0.105. The van der Waals surface area contributed by atoms with E-state index in [-0.39, 0.29) is 0 Å². The third kappa shape index (κ3) is 1.48. The van der Waals surface area contributed by atoms with Crippen LogP contribution in [0.5, 0.6) is 0 Å². The zero-order valence-electron chi connectivity index (χ0n) is 8.98. The van der Waals surface area contributed by atoms with Crippen LogP contribution in [0.1, 0.15) is 16.2 Å². The minimum atomic E-state index is -0.665. The van der Waals surface area contributed by atoms with Crippen LogP contribution in [0, 0.1) is 6.92 Å². The van der Waals surface area contributed by atoms with Crippen molar-refractivity contribution in [2.75, 3.05) is 0 Å². The molecular weight excluding hydrogens is 206 g/mol. The Kier molecular flexibility index (Phi) is 2.48. The van der Waals surface area contributed by atoms with E-state index < -0.39 is 5.78 Å². The average Bonchev–Trinajstić information content (AvgIpc) is 2.87. The van der Waals surface area contributed by atoms with Crippen molar-refractivity contribution in [3.05, 3.63) is 35.9 Å². The molecule has 0 saturated heterocycles. The molecule has 0 fully saturated rings. The zero-order valence-corrected chi connectivity index (χ0v) is 8.98. The highest BCUT2D eigenvalue weighted by atomic mass is 16.3. The van der Waals surface area contributed by atoms with Crippen LogP contribution in [0.25, 0.3) is 11.3 Å². The second-order valence-electron chi connectivity index (χ2n) is 3.52. The van der Waals surface area contributed by atoms with Gasteiger partial charge in [0.1, 0.15) is 11.5 Å². The summed E-state index contributed by atoms with van der Waals surface area (Å²) < 4.78 is 6.89. The third-order valence-corrected chi connectivity index (χ3v) is 2.57. The largest absolute Gasteiger partial charge is 0.464 e. The van der Waals surface area contributed by atoms with Crippen molar-refractivity contribution in [1.82, 2.24) is 4.57 Å². The van der Waals surface area contributed by atoms with Crippen LogP contribution in [0.4, 0.5) is 0 Å². The highest BCUT2D eigenvalue weighted by Crippen LogP contribution is 2.27. The Bertz CT molecular complexity index is 535. The van der Waals surface area contributed by atoms with E-state index in [1.807, 2.05) is 13.0 Å². The molecule has 2 aromatic rings. The van der Waals surface area contributed by atoms with Gasteiger partial charge in [0.2, 0.25) is 0 Å². The third-order valence-electron chi connectivity index (χ3n) is 2.57. The number of Topliss-reactive ketones (excluding diaryl/α,β-unsaturated/α-hetero) is 1. The number of carbonyl (C=O) groups excluding carboxylic acids is 2. The summed E-state index contributed by atoms with van der Waals surface area (Å²) in [7, 11) is 1.73. The van der Waals surface area contributed by atoms with Gasteiger partial charge in [-0.1, -0.05) is 0 Å². The van der Waals surface area contributed by atoms with E-state index in [0.717, 1.165) is 5.69 Å². The normalized spacial score (nSPS) is 10.4. The van der Waals surface area contributed by atoms with Gasteiger partial charge in [-0.3, -0.25) is 9.59 Å². The van der Waals surface area contributed by atoms with Crippen molar-refractivity contribution < 1.29 is 14.0 Å². The van der Waals surface area contributed by atoms with Crippen LogP contribution in [0.15, 0.2) is 28.9 Å². The predicted octanol–water partition coefficient (Wildman–Crippen LogP) is 1.89. The molecule has 2 aromatic heterocycles. The number of carbonyl (C=O) groups is 1. The molecule has 0 amide bonds. The minimum Gasteiger partial charge on any atom is -0.464 e. The summed E-state index contributed by atoms with van der Waals surface area (Å²) in [6.07, 6.45) is 2.91. The molecule has 1 radical (unpaired) electrons. The van der Waals surface area contributed by atoms with Crippen molar-refractivity contribution in [3.8, 4) is 11.3 Å². The fraction of sp³-hybridized carbons (Fsp3) is 0.167. The van der Waals surface area contributed by atoms with Crippen LogP contribution >= 0.6 is 0 Å². The first-order valence-electron chi connectivity index (χ1n) is 4.78. The molecule has 0 N–H and O–H groups in total. The molecule has 81 valence electrons. The van der Waals surface area contributed by atoms with E-state index in [4.69, 9.17) is 4.42 Å². The van der Waals surface area contributed by atoms with Crippen LogP contribution in [-0.4, -0.2) is 16.6 Å². The van der Waals surface area contributed by atoms with E-state index in [9.17, 15) is 9.59 Å². The lowest BCUT2D eigenvalue weighted by Crippen LogP contribution is -2.08. The van der Waals surface area contributed by atoms with E-state index >= 15 is 0 Å². The van der Waals surface area contributed by atoms with Crippen LogP contribution in [0.2, 0.25) is 0 Å². The van der Waals surface area contributed by atoms with E-state index in [0.29, 0.717) is 17.0 Å². The Morgan fingerprint density at radius 1 is 1.50 bits per heavy atom. The molecule has 0 aliphatic carbocycles. The second kappa shape index (κ2) is 3.81. The van der Waals surface area contributed by atoms with Gasteiger partial charge in [0.15, 0.2) is 0 Å². The molecule has 2 heterocycles. The predicted molar refractivity (Wildman–Crippen MR) is 57.9 cm³/mol. The summed E-state index contributed by atoms with van der Waals surface area (Å²) in [5, 5.41) is 0. The smallest absolute Gasteiger partial charge is 0.279 e. The molecule has 0 spiro atoms. The Hall–Kier alpha value is -2.10. The molecule has 0 aromatic carbocycles. The van der Waals surface area contributed by atoms with Gasteiger partial charge in [-0.15, -0.1) is 0 Å². The maximum Gasteiger partial charge on any atom is 0.279 e. The number of furan rings is 1. The molecule has 4 nitrogen and oxygen atoms in total. The number of hydrogen-bond acceptors (Lipinski definition) is 3. The fourth-order valence-corrected chi connectivity index (χ4v) is 1.67. The molecule has 0 aliphatic heterocycles. The number of aromatic nitrogens is 1. The highest BCUT2D eigenvalue weighted by molar-refractivity contribution is 6.34. The Morgan fingerprint density at radius 2 is 2.25 bits per heavy atom. The Labute approximate surface area is 92.5 Å². The first-order chi connectivity index (χ1) is 7.65. The molecular formula is C12H10NO3. The van der Waals surface area contributed by atoms with Crippen molar-refractivity contribution >= 4 is 12.1 Å². The van der Waals surface area contributed by atoms with Gasteiger partial charge in [0.05, 0.1) is 6.26 Å². The van der Waals surface area contributed by atoms with Crippen molar-refractivity contribution in [2.45, 2.75) is 6.92 Å². The Balaban J connectivity index is 2.66. The molecule has 0 aliphatic rings. The molecule has 0 saturated carbocycles. The highest BCUT2D eigenvalue weighted by Gasteiger charge is 2.20. The van der Waals surface area contributed by atoms with Gasteiger partial charge >= 0.3 is 0 Å². The molecule has 4 heteroatoms. The lowest BCUT2D eigenvalue weighted by atomic mass is 10.1. The first-order valence-corrected chi connectivity index (χ1v) is 4.78. The van der Waals surface area contributed by atoms with E-state index in [2.05, 4.69) is 0 Å². The standard InChI is InChI=1S/C12H10NO3/c1-8-6-9(11-4-3-5-16-11)12(13(8)2)10(15)7-14/h3-6H,1-2H3. The Morgan fingerprint density at radius 3 is 2.81 bits per heavy atom. The fourth-order valence-electron chi connectivity index (χ4n) is 1.67. The number of rotatable bonds is 3. The number of ketones is 1. The molecule has 0 unspecified atom stereocenters. The number of nitrogens with zero attached hydrogens (tertiary/aromatic N) is 1. The van der Waals surface area contributed by atoms with Gasteiger partial charge in [-0.25, -0.2) is 0 Å². The molecule has 0 atom stereocenters. The van der Waals surface area contributed by atoms with Crippen LogP contribution in [0.3, 0.4) is 0 Å². The monoisotopic (exact) mass is 216 g/mol. The molecule has 16 heavy (non-hydrogen) atoms. The van der Waals surface area contributed by atoms with Gasteiger partial charge in [-0.2, -0.15) is 0 Å². The quantitative estimate of drug-likeness (QED) is 0.581. The number of aryl methyl sites for hydroxylation is 1. The molecule has 0 bridgehead atoms.